The largest absolute Gasteiger partial charge is 0.330 e. The van der Waals surface area contributed by atoms with E-state index in [1.165, 1.54) is 0 Å². The number of carbonyl (C=O) groups is 1. The third-order valence-corrected chi connectivity index (χ3v) is 0.0430. The van der Waals surface area contributed by atoms with E-state index in [0.717, 1.165) is 0 Å². The smallest absolute Gasteiger partial charge is 0.304 e. The molecule has 0 saturated carbocycles. The second-order valence-corrected chi connectivity index (χ2v) is 0.202. The lowest BCUT2D eigenvalue weighted by molar-refractivity contribution is -0.217. The van der Waals surface area contributed by atoms with Crippen LogP contribution in [0.5, 0.6) is 0 Å². The minimum atomic E-state index is -0.0694. The molecule has 0 rings (SSSR count). The zero-order valence-electron chi connectivity index (χ0n) is 2.55. The molecule has 0 aliphatic heterocycles. The number of hydrogen-bond donors (Lipinski definition) is 1. The summed E-state index contributed by atoms with van der Waals surface area (Å²) in [5.41, 5.74) is 0. The molecule has 0 aromatic rings. The highest BCUT2D eigenvalue weighted by Gasteiger charge is 1.47. The van der Waals surface area contributed by atoms with E-state index < -0.39 is 0 Å². The topological polar surface area (TPSA) is 46.5 Å². The van der Waals surface area contributed by atoms with Gasteiger partial charge in [-0.3, -0.25) is 4.79 Å². The van der Waals surface area contributed by atoms with E-state index >= 15 is 0 Å². The van der Waals surface area contributed by atoms with Crippen LogP contribution in [0.2, 0.25) is 0 Å². The van der Waals surface area contributed by atoms with Crippen LogP contribution in [-0.4, -0.2) is 11.7 Å². The van der Waals surface area contributed by atoms with Crippen LogP contribution in [0.1, 0.15) is 0 Å². The second kappa shape index (κ2) is 9.13. The van der Waals surface area contributed by atoms with Crippen LogP contribution in [0.4, 0.5) is 0 Å². The molecule has 1 atom stereocenters. The molecule has 0 radical (unpaired) electrons. The number of hydrogen-bond acceptors (Lipinski definition) is 3. The average molecular weight is 96.0 g/mol. The lowest BCUT2D eigenvalue weighted by Gasteiger charge is -1.63. The van der Waals surface area contributed by atoms with Crippen LogP contribution in [0.25, 0.3) is 0 Å². The average Bonchev–Trinajstić information content (AvgIpc) is 1.37. The van der Waals surface area contributed by atoms with Gasteiger partial charge in [0.05, 0.1) is 0 Å². The molecule has 3 nitrogen and oxygen atoms in total. The van der Waals surface area contributed by atoms with Crippen molar-refractivity contribution in [3.8, 4) is 0 Å². The molecule has 0 saturated heterocycles. The minimum Gasteiger partial charge on any atom is -0.304 e. The highest BCUT2D eigenvalue weighted by Crippen LogP contribution is 1.33. The Balaban J connectivity index is 0. The first-order chi connectivity index (χ1) is 1.91. The van der Waals surface area contributed by atoms with E-state index in [1.54, 1.807) is 0 Å². The molecule has 0 aliphatic carbocycles. The highest BCUT2D eigenvalue weighted by molar-refractivity contribution is 6.92. The summed E-state index contributed by atoms with van der Waals surface area (Å²) in [6, 6.07) is 0. The van der Waals surface area contributed by atoms with E-state index in [2.05, 4.69) is 4.89 Å². The van der Waals surface area contributed by atoms with Crippen molar-refractivity contribution in [3.63, 3.8) is 0 Å². The lowest BCUT2D eigenvalue weighted by Crippen LogP contribution is -1.69. The molecule has 32 valence electrons. The van der Waals surface area contributed by atoms with Gasteiger partial charge in [-0.2, -0.15) is 9.90 Å². The highest BCUT2D eigenvalue weighted by atomic mass is 31.0. The first kappa shape index (κ1) is 8.85. The van der Waals surface area contributed by atoms with Crippen molar-refractivity contribution in [2.45, 2.75) is 0 Å². The Morgan fingerprint density at radius 3 is 2.00 bits per heavy atom. The summed E-state index contributed by atoms with van der Waals surface area (Å²) >= 11 is 0. The summed E-state index contributed by atoms with van der Waals surface area (Å²) in [7, 11) is 0. The molecular formula is CH5O3P. The van der Waals surface area contributed by atoms with Crippen molar-refractivity contribution < 1.29 is 14.9 Å². The van der Waals surface area contributed by atoms with Gasteiger partial charge in [0.1, 0.15) is 0 Å². The Morgan fingerprint density at radius 2 is 2.00 bits per heavy atom. The molecule has 4 heteroatoms. The molecule has 5 heavy (non-hydrogen) atoms. The van der Waals surface area contributed by atoms with Gasteiger partial charge in [0.2, 0.25) is 0 Å². The maximum absolute atomic E-state index is 8.70. The van der Waals surface area contributed by atoms with Gasteiger partial charge >= 0.3 is 6.47 Å². The first-order valence-electron chi connectivity index (χ1n) is 0.654. The van der Waals surface area contributed by atoms with Gasteiger partial charge in [0, 0.05) is 0 Å². The van der Waals surface area contributed by atoms with Gasteiger partial charge in [-0.15, -0.1) is 0 Å². The van der Waals surface area contributed by atoms with Crippen LogP contribution < -0.4 is 0 Å². The first-order valence-corrected chi connectivity index (χ1v) is 0.654. The summed E-state index contributed by atoms with van der Waals surface area (Å²) in [5.74, 6) is 0. The van der Waals surface area contributed by atoms with Crippen molar-refractivity contribution in [1.29, 1.82) is 0 Å². The standard InChI is InChI=1S/CH2O3.H3P/c2-1-4-3;/h1,3H;1H3. The van der Waals surface area contributed by atoms with Crippen LogP contribution in [0.15, 0.2) is 0 Å². The zero-order valence-corrected chi connectivity index (χ0v) is 3.96. The Labute approximate surface area is 32.5 Å². The fraction of sp³-hybridized carbons (Fsp3) is 0. The normalized spacial score (nSPS) is 4.20. The van der Waals surface area contributed by atoms with E-state index in [9.17, 15) is 0 Å². The molecule has 0 bridgehead atoms. The maximum Gasteiger partial charge on any atom is 0.330 e. The van der Waals surface area contributed by atoms with E-state index in [0.29, 0.717) is 0 Å². The van der Waals surface area contributed by atoms with E-state index in [-0.39, 0.29) is 16.4 Å². The molecule has 0 aromatic heterocycles. The quantitative estimate of drug-likeness (QED) is 0.211. The molecule has 0 fully saturated rings. The van der Waals surface area contributed by atoms with Gasteiger partial charge in [-0.25, -0.2) is 5.26 Å². The van der Waals surface area contributed by atoms with Crippen LogP contribution in [0.3, 0.4) is 0 Å². The van der Waals surface area contributed by atoms with Crippen molar-refractivity contribution in [2.75, 3.05) is 0 Å². The van der Waals surface area contributed by atoms with Crippen LogP contribution >= 0.6 is 9.90 Å². The van der Waals surface area contributed by atoms with E-state index in [4.69, 9.17) is 10.1 Å². The summed E-state index contributed by atoms with van der Waals surface area (Å²) in [5, 5.41) is 7.01. The Kier molecular flexibility index (Phi) is 16.2. The molecular weight excluding hydrogens is 91.0 g/mol. The van der Waals surface area contributed by atoms with Gasteiger partial charge in [-0.05, 0) is 0 Å². The van der Waals surface area contributed by atoms with Gasteiger partial charge in [-0.1, -0.05) is 0 Å². The van der Waals surface area contributed by atoms with Gasteiger partial charge < -0.3 is 4.89 Å². The number of rotatable bonds is 1. The van der Waals surface area contributed by atoms with Crippen molar-refractivity contribution >= 4 is 16.4 Å². The summed E-state index contributed by atoms with van der Waals surface area (Å²) < 4.78 is 0. The summed E-state index contributed by atoms with van der Waals surface area (Å²) in [6.45, 7) is -0.0694. The molecule has 1 N–H and O–H groups in total. The predicted octanol–water partition coefficient (Wildman–Crippen LogP) is -0.309. The van der Waals surface area contributed by atoms with Crippen molar-refractivity contribution in [2.24, 2.45) is 0 Å². The SMILES string of the molecule is O=COO.P. The minimum absolute atomic E-state index is 0. The molecule has 0 aliphatic rings. The van der Waals surface area contributed by atoms with Gasteiger partial charge in [0.15, 0.2) is 0 Å². The zero-order chi connectivity index (χ0) is 3.41. The fourth-order valence-electron chi connectivity index (χ4n) is 0. The molecule has 0 spiro atoms. The maximum atomic E-state index is 8.70. The Bertz CT molecular complexity index is 20.9. The van der Waals surface area contributed by atoms with Crippen LogP contribution in [-0.2, 0) is 9.68 Å². The van der Waals surface area contributed by atoms with Gasteiger partial charge in [0.25, 0.3) is 0 Å². The van der Waals surface area contributed by atoms with Crippen molar-refractivity contribution in [3.05, 3.63) is 0 Å². The monoisotopic (exact) mass is 96.0 g/mol. The molecule has 0 heterocycles. The van der Waals surface area contributed by atoms with E-state index in [1.807, 2.05) is 0 Å². The second-order valence-electron chi connectivity index (χ2n) is 0.202. The summed E-state index contributed by atoms with van der Waals surface area (Å²) in [4.78, 5) is 11.6. The number of carbonyl (C=O) groups excluding carboxylic acids is 1. The predicted molar refractivity (Wildman–Crippen MR) is 20.9 cm³/mol. The molecule has 0 amide bonds. The third-order valence-electron chi connectivity index (χ3n) is 0.0430. The third kappa shape index (κ3) is 18.1. The Hall–Kier alpha value is -0.140. The van der Waals surface area contributed by atoms with Crippen molar-refractivity contribution in [1.82, 2.24) is 0 Å². The summed E-state index contributed by atoms with van der Waals surface area (Å²) in [6.07, 6.45) is 0. The molecule has 1 unspecified atom stereocenters. The lowest BCUT2D eigenvalue weighted by atomic mass is 11.7. The molecule has 0 aromatic carbocycles. The fourth-order valence-corrected chi connectivity index (χ4v) is 0. The van der Waals surface area contributed by atoms with Crippen LogP contribution in [0, 0.1) is 0 Å². The Morgan fingerprint density at radius 1 is 1.80 bits per heavy atom.